The highest BCUT2D eigenvalue weighted by atomic mass is 35.5. The number of allylic oxidation sites excluding steroid dienone is 2. The number of carbonyl (C=O) groups excluding carboxylic acids is 2. The molecule has 6 heteroatoms. The Balaban J connectivity index is 4.92. The van der Waals surface area contributed by atoms with Gasteiger partial charge in [-0.25, -0.2) is 0 Å². The van der Waals surface area contributed by atoms with Gasteiger partial charge in [0.2, 0.25) is 0 Å². The molecule has 4 nitrogen and oxygen atoms in total. The van der Waals surface area contributed by atoms with Gasteiger partial charge in [0.1, 0.15) is 0 Å². The number of carbonyl (C=O) groups is 2. The maximum Gasteiger partial charge on any atom is 0.0844 e. The van der Waals surface area contributed by atoms with Gasteiger partial charge in [0.05, 0.1) is 22.0 Å². The number of hydrogen-bond acceptors (Lipinski definition) is 4. The van der Waals surface area contributed by atoms with Gasteiger partial charge in [-0.05, 0) is 18.6 Å². The van der Waals surface area contributed by atoms with Crippen LogP contribution in [0.4, 0.5) is 0 Å². The first-order valence-electron chi connectivity index (χ1n) is 3.02. The Morgan fingerprint density at radius 3 is 1.92 bits per heavy atom. The van der Waals surface area contributed by atoms with Crippen molar-refractivity contribution < 1.29 is 19.8 Å². The van der Waals surface area contributed by atoms with Crippen LogP contribution in [0.5, 0.6) is 0 Å². The topological polar surface area (TPSA) is 80.3 Å². The van der Waals surface area contributed by atoms with Crippen LogP contribution >= 0.6 is 23.2 Å². The molecular formula is C7H4Cl2O4-2. The highest BCUT2D eigenvalue weighted by Crippen LogP contribution is 2.15. The first kappa shape index (κ1) is 12.0. The molecule has 0 aliphatic carbocycles. The Labute approximate surface area is 84.1 Å². The lowest BCUT2D eigenvalue weighted by Gasteiger charge is -2.03. The van der Waals surface area contributed by atoms with Gasteiger partial charge in [-0.15, -0.1) is 0 Å². The quantitative estimate of drug-likeness (QED) is 0.459. The van der Waals surface area contributed by atoms with E-state index in [2.05, 4.69) is 0 Å². The number of hydrogen-bond donors (Lipinski definition) is 0. The van der Waals surface area contributed by atoms with Crippen LogP contribution in [0, 0.1) is 0 Å². The van der Waals surface area contributed by atoms with Crippen molar-refractivity contribution in [1.29, 1.82) is 0 Å². The van der Waals surface area contributed by atoms with E-state index in [4.69, 9.17) is 23.2 Å². The number of rotatable bonds is 3. The van der Waals surface area contributed by atoms with Crippen molar-refractivity contribution in [3.63, 3.8) is 0 Å². The highest BCUT2D eigenvalue weighted by molar-refractivity contribution is 6.47. The molecule has 0 aromatic carbocycles. The SMILES string of the molecule is C/C(=C/C(Cl)=C(/Cl)C(=O)[O-])C(=O)[O-]. The summed E-state index contributed by atoms with van der Waals surface area (Å²) < 4.78 is 0. The average molecular weight is 223 g/mol. The van der Waals surface area contributed by atoms with Gasteiger partial charge in [-0.3, -0.25) is 0 Å². The molecule has 0 aromatic heterocycles. The summed E-state index contributed by atoms with van der Waals surface area (Å²) in [6.07, 6.45) is 0.870. The second-order valence-electron chi connectivity index (χ2n) is 2.06. The Kier molecular flexibility index (Phi) is 4.51. The molecule has 0 spiro atoms. The molecule has 0 radical (unpaired) electrons. The monoisotopic (exact) mass is 222 g/mol. The van der Waals surface area contributed by atoms with E-state index in [0.717, 1.165) is 6.08 Å². The summed E-state index contributed by atoms with van der Waals surface area (Å²) >= 11 is 10.5. The molecule has 0 amide bonds. The lowest BCUT2D eigenvalue weighted by Crippen LogP contribution is -2.24. The molecule has 0 saturated carbocycles. The minimum atomic E-state index is -1.67. The second kappa shape index (κ2) is 4.89. The van der Waals surface area contributed by atoms with Crippen molar-refractivity contribution in [2.45, 2.75) is 6.92 Å². The van der Waals surface area contributed by atoms with Gasteiger partial charge in [0, 0.05) is 0 Å². The third kappa shape index (κ3) is 3.96. The molecule has 0 aliphatic heterocycles. The molecule has 0 N–H and O–H groups in total. The van der Waals surface area contributed by atoms with Crippen LogP contribution in [0.3, 0.4) is 0 Å². The van der Waals surface area contributed by atoms with Gasteiger partial charge >= 0.3 is 0 Å². The van der Waals surface area contributed by atoms with Crippen molar-refractivity contribution in [2.75, 3.05) is 0 Å². The van der Waals surface area contributed by atoms with Crippen molar-refractivity contribution in [2.24, 2.45) is 0 Å². The number of halogens is 2. The van der Waals surface area contributed by atoms with Gasteiger partial charge in [-0.2, -0.15) is 0 Å². The van der Waals surface area contributed by atoms with E-state index in [1.165, 1.54) is 6.92 Å². The van der Waals surface area contributed by atoms with Gasteiger partial charge in [-0.1, -0.05) is 23.2 Å². The fraction of sp³-hybridized carbons (Fsp3) is 0.143. The number of carboxylic acid groups (broad SMARTS) is 2. The van der Waals surface area contributed by atoms with Gasteiger partial charge < -0.3 is 19.8 Å². The Morgan fingerprint density at radius 1 is 1.15 bits per heavy atom. The summed E-state index contributed by atoms with van der Waals surface area (Å²) in [6, 6.07) is 0. The lowest BCUT2D eigenvalue weighted by molar-refractivity contribution is -0.300. The first-order valence-corrected chi connectivity index (χ1v) is 3.78. The maximum atomic E-state index is 10.2. The molecule has 0 aliphatic rings. The van der Waals surface area contributed by atoms with E-state index < -0.39 is 22.0 Å². The van der Waals surface area contributed by atoms with Crippen LogP contribution in [0.15, 0.2) is 21.7 Å². The molecule has 0 aromatic rings. The summed E-state index contributed by atoms with van der Waals surface area (Å²) in [5.74, 6) is -3.13. The summed E-state index contributed by atoms with van der Waals surface area (Å²) in [5.41, 5.74) is -0.232. The van der Waals surface area contributed by atoms with Crippen LogP contribution in [-0.2, 0) is 9.59 Å². The van der Waals surface area contributed by atoms with Crippen molar-refractivity contribution in [1.82, 2.24) is 0 Å². The van der Waals surface area contributed by atoms with Crippen LogP contribution in [0.25, 0.3) is 0 Å². The fourth-order valence-corrected chi connectivity index (χ4v) is 0.705. The molecule has 72 valence electrons. The van der Waals surface area contributed by atoms with E-state index >= 15 is 0 Å². The Bertz CT molecular complexity index is 304. The number of aliphatic carboxylic acids is 2. The van der Waals surface area contributed by atoms with Crippen LogP contribution in [0.1, 0.15) is 6.92 Å². The minimum Gasteiger partial charge on any atom is -0.545 e. The predicted octanol–water partition coefficient (Wildman–Crippen LogP) is -0.878. The zero-order chi connectivity index (χ0) is 10.6. The molecule has 13 heavy (non-hydrogen) atoms. The normalized spacial score (nSPS) is 13.6. The summed E-state index contributed by atoms with van der Waals surface area (Å²) in [4.78, 5) is 20.3. The zero-order valence-corrected chi connectivity index (χ0v) is 7.98. The van der Waals surface area contributed by atoms with Crippen LogP contribution in [-0.4, -0.2) is 11.9 Å². The Morgan fingerprint density at radius 2 is 1.62 bits per heavy atom. The van der Waals surface area contributed by atoms with Crippen molar-refractivity contribution in [3.8, 4) is 0 Å². The Hall–Kier alpha value is -1.00. The predicted molar refractivity (Wildman–Crippen MR) is 42.5 cm³/mol. The molecule has 0 heterocycles. The van der Waals surface area contributed by atoms with Crippen LogP contribution in [0.2, 0.25) is 0 Å². The molecule has 0 fully saturated rings. The van der Waals surface area contributed by atoms with E-state index in [0.29, 0.717) is 0 Å². The fourth-order valence-electron chi connectivity index (χ4n) is 0.410. The van der Waals surface area contributed by atoms with Gasteiger partial charge in [0.15, 0.2) is 0 Å². The smallest absolute Gasteiger partial charge is 0.0844 e. The summed E-state index contributed by atoms with van der Waals surface area (Å²) in [7, 11) is 0. The molecule has 0 rings (SSSR count). The van der Waals surface area contributed by atoms with Crippen LogP contribution < -0.4 is 10.2 Å². The van der Waals surface area contributed by atoms with Crippen molar-refractivity contribution in [3.05, 3.63) is 21.7 Å². The molecule has 0 saturated heterocycles. The first-order chi connectivity index (χ1) is 5.86. The zero-order valence-electron chi connectivity index (χ0n) is 6.47. The van der Waals surface area contributed by atoms with E-state index in [9.17, 15) is 19.8 Å². The average Bonchev–Trinajstić information content (AvgIpc) is 2.02. The lowest BCUT2D eigenvalue weighted by atomic mass is 10.3. The van der Waals surface area contributed by atoms with E-state index in [1.54, 1.807) is 0 Å². The molecule has 0 bridgehead atoms. The maximum absolute atomic E-state index is 10.2. The van der Waals surface area contributed by atoms with E-state index in [-0.39, 0.29) is 5.57 Å². The second-order valence-corrected chi connectivity index (χ2v) is 2.85. The molecule has 0 unspecified atom stereocenters. The van der Waals surface area contributed by atoms with E-state index in [1.807, 2.05) is 0 Å². The van der Waals surface area contributed by atoms with Gasteiger partial charge in [0.25, 0.3) is 0 Å². The largest absolute Gasteiger partial charge is 0.545 e. The third-order valence-corrected chi connectivity index (χ3v) is 1.81. The summed E-state index contributed by atoms with van der Waals surface area (Å²) in [6.45, 7) is 1.19. The molecular weight excluding hydrogens is 219 g/mol. The van der Waals surface area contributed by atoms with Crippen molar-refractivity contribution >= 4 is 35.1 Å². The minimum absolute atomic E-state index is 0.232. The number of carboxylic acids is 2. The molecule has 0 atom stereocenters. The summed E-state index contributed by atoms with van der Waals surface area (Å²) in [5, 5.41) is 19.1. The third-order valence-electron chi connectivity index (χ3n) is 1.05. The highest BCUT2D eigenvalue weighted by Gasteiger charge is 2.00. The standard InChI is InChI=1S/C7H6Cl2O4/c1-3(6(10)11)2-4(8)5(9)7(12)13/h2H,1H3,(H,10,11)(H,12,13)/p-2/b3-2-,5-4-.